The van der Waals surface area contributed by atoms with E-state index in [4.69, 9.17) is 42.6 Å². The Kier molecular flexibility index (Phi) is 17.7. The Morgan fingerprint density at radius 3 is 1.89 bits per heavy atom. The molecule has 0 spiro atoms. The molecule has 0 aromatic heterocycles. The van der Waals surface area contributed by atoms with E-state index < -0.39 is 198 Å². The molecule has 27 heteroatoms. The van der Waals surface area contributed by atoms with E-state index in [-0.39, 0.29) is 6.42 Å². The van der Waals surface area contributed by atoms with Gasteiger partial charge in [-0.05, 0) is 0 Å². The van der Waals surface area contributed by atoms with Gasteiger partial charge >= 0.3 is 5.97 Å². The number of carboxylic acid groups (broad SMARTS) is 1. The maximum absolute atomic E-state index is 12.8. The Morgan fingerprint density at radius 2 is 1.29 bits per heavy atom. The summed E-state index contributed by atoms with van der Waals surface area (Å²) in [6.45, 7) is -2.91. The summed E-state index contributed by atoms with van der Waals surface area (Å²) in [5.41, 5.74) is 0. The van der Waals surface area contributed by atoms with Crippen molar-refractivity contribution in [2.75, 3.05) is 40.1 Å². The van der Waals surface area contributed by atoms with Gasteiger partial charge in [0.2, 0.25) is 0 Å². The van der Waals surface area contributed by atoms with Crippen LogP contribution in [0.3, 0.4) is 0 Å². The Morgan fingerprint density at radius 1 is 0.694 bits per heavy atom. The number of likely N-dealkylation sites (N-methyl/N-ethyl adjacent to an activating group) is 1. The summed E-state index contributed by atoms with van der Waals surface area (Å²) >= 11 is 0. The number of ether oxygens (including phenoxy) is 9. The van der Waals surface area contributed by atoms with Gasteiger partial charge in [-0.3, -0.25) is 4.79 Å². The summed E-state index contributed by atoms with van der Waals surface area (Å²) in [5.74, 6) is -6.83. The van der Waals surface area contributed by atoms with E-state index in [9.17, 15) is 86.2 Å². The van der Waals surface area contributed by atoms with Crippen molar-refractivity contribution in [2.24, 2.45) is 5.92 Å². The third-order valence-electron chi connectivity index (χ3n) is 11.7. The van der Waals surface area contributed by atoms with Crippen molar-refractivity contribution in [3.8, 4) is 0 Å². The summed E-state index contributed by atoms with van der Waals surface area (Å²) < 4.78 is 50.8. The highest BCUT2D eigenvalue weighted by Gasteiger charge is 2.60. The average Bonchev–Trinajstić information content (AvgIpc) is 3.56. The number of amides is 1. The van der Waals surface area contributed by atoms with Crippen molar-refractivity contribution in [1.29, 1.82) is 0 Å². The third kappa shape index (κ3) is 10.5. The van der Waals surface area contributed by atoms with Crippen molar-refractivity contribution in [3.05, 3.63) is 0 Å². The molecule has 5 fully saturated rings. The molecule has 1 amide bonds. The number of aliphatic hydroxyl groups excluding tert-OH is 14. The Labute approximate surface area is 352 Å². The number of carbonyl (C=O) groups excluding carboxylic acids is 1. The molecule has 12 unspecified atom stereocenters. The van der Waals surface area contributed by atoms with Crippen LogP contribution in [0, 0.1) is 5.92 Å². The maximum atomic E-state index is 12.8. The molecule has 5 aliphatic rings. The number of aliphatic hydroxyl groups is 14. The first-order valence-corrected chi connectivity index (χ1v) is 19.9. The normalized spacial score (nSPS) is 47.5. The standard InChI is InChI=1S/C35H59NO26/c1-10-13(43)4-35(34(52)53,61-25(10)19(45)14(44)5-37)62-28-20(46)16(7-39)57-33(24(28)50)60-27-18(55-29(23(27)49)30(51)36-2)9-54-32-22(48)21(47)26(17(8-40)58-32)59-31-12(42)3-11(41)15(6-38)56-31/h10-29,31-33,37-50H,3-9H2,1-2H3,(H,36,51)(H,52,53)/t10-,11-,12?,13?,14-,15?,16?,17?,18?,19-,20+,21-,22?,23?,24?,25-,26-,27?,28+,29?,31+,32-,33+,35?/m1/s1. The molecule has 0 aromatic rings. The topological polar surface area (TPSA) is 433 Å². The Bertz CT molecular complexity index is 1450. The van der Waals surface area contributed by atoms with Crippen LogP contribution in [0.15, 0.2) is 0 Å². The van der Waals surface area contributed by atoms with Crippen LogP contribution in [0.5, 0.6) is 0 Å². The number of nitrogens with one attached hydrogen (secondary N) is 1. The molecule has 27 nitrogen and oxygen atoms in total. The van der Waals surface area contributed by atoms with Gasteiger partial charge in [0.15, 0.2) is 25.0 Å². The molecule has 24 atom stereocenters. The Balaban J connectivity index is 1.33. The lowest BCUT2D eigenvalue weighted by molar-refractivity contribution is -0.378. The molecular weight excluding hydrogens is 850 g/mol. The number of carboxylic acids is 1. The molecular formula is C35H59NO26. The van der Waals surface area contributed by atoms with E-state index >= 15 is 0 Å². The molecule has 5 heterocycles. The van der Waals surface area contributed by atoms with Gasteiger partial charge in [-0.1, -0.05) is 6.92 Å². The van der Waals surface area contributed by atoms with Gasteiger partial charge in [0, 0.05) is 25.8 Å². The highest BCUT2D eigenvalue weighted by Crippen LogP contribution is 2.40. The van der Waals surface area contributed by atoms with Crippen molar-refractivity contribution in [3.63, 3.8) is 0 Å². The fourth-order valence-electron chi connectivity index (χ4n) is 7.96. The second-order valence-corrected chi connectivity index (χ2v) is 15.8. The van der Waals surface area contributed by atoms with Crippen LogP contribution in [0.2, 0.25) is 0 Å². The van der Waals surface area contributed by atoms with Gasteiger partial charge in [0.25, 0.3) is 11.7 Å². The van der Waals surface area contributed by atoms with Gasteiger partial charge in [-0.15, -0.1) is 0 Å². The van der Waals surface area contributed by atoms with Crippen molar-refractivity contribution in [2.45, 2.75) is 160 Å². The van der Waals surface area contributed by atoms with E-state index in [2.05, 4.69) is 5.32 Å². The minimum absolute atomic E-state index is 0.284. The van der Waals surface area contributed by atoms with Gasteiger partial charge in [-0.25, -0.2) is 4.79 Å². The monoisotopic (exact) mass is 909 g/mol. The molecule has 0 aromatic carbocycles. The lowest BCUT2D eigenvalue weighted by atomic mass is 9.84. The largest absolute Gasteiger partial charge is 0.477 e. The summed E-state index contributed by atoms with van der Waals surface area (Å²) in [6.07, 6.45) is -39.5. The quantitative estimate of drug-likeness (QED) is 0.0644. The predicted octanol–water partition coefficient (Wildman–Crippen LogP) is -9.98. The van der Waals surface area contributed by atoms with Crippen molar-refractivity contribution in [1.82, 2.24) is 5.32 Å². The van der Waals surface area contributed by atoms with Crippen molar-refractivity contribution < 1.29 is 129 Å². The maximum Gasteiger partial charge on any atom is 0.364 e. The fraction of sp³-hybridized carbons (Fsp3) is 0.943. The zero-order chi connectivity index (χ0) is 46.0. The summed E-state index contributed by atoms with van der Waals surface area (Å²) in [6, 6.07) is 0. The van der Waals surface area contributed by atoms with Crippen molar-refractivity contribution >= 4 is 11.9 Å². The van der Waals surface area contributed by atoms with Crippen LogP contribution in [-0.2, 0) is 52.2 Å². The molecule has 0 radical (unpaired) electrons. The van der Waals surface area contributed by atoms with E-state index in [0.717, 1.165) is 0 Å². The van der Waals surface area contributed by atoms with E-state index in [1.165, 1.54) is 14.0 Å². The molecule has 62 heavy (non-hydrogen) atoms. The zero-order valence-electron chi connectivity index (χ0n) is 33.4. The number of rotatable bonds is 17. The third-order valence-corrected chi connectivity index (χ3v) is 11.7. The lowest BCUT2D eigenvalue weighted by Gasteiger charge is -2.49. The highest BCUT2D eigenvalue weighted by atomic mass is 16.8. The minimum Gasteiger partial charge on any atom is -0.477 e. The summed E-state index contributed by atoms with van der Waals surface area (Å²) in [4.78, 5) is 25.5. The summed E-state index contributed by atoms with van der Waals surface area (Å²) in [7, 11) is 1.21. The van der Waals surface area contributed by atoms with Crippen LogP contribution in [0.1, 0.15) is 19.8 Å². The first-order valence-electron chi connectivity index (χ1n) is 19.9. The zero-order valence-corrected chi connectivity index (χ0v) is 33.4. The fourth-order valence-corrected chi connectivity index (χ4v) is 7.96. The van der Waals surface area contributed by atoms with Crippen LogP contribution >= 0.6 is 0 Å². The summed E-state index contributed by atoms with van der Waals surface area (Å²) in [5, 5.41) is 160. The molecule has 0 bridgehead atoms. The molecule has 5 rings (SSSR count). The lowest BCUT2D eigenvalue weighted by Crippen LogP contribution is -2.67. The van der Waals surface area contributed by atoms with Crippen LogP contribution in [0.4, 0.5) is 0 Å². The van der Waals surface area contributed by atoms with E-state index in [1.807, 2.05) is 0 Å². The van der Waals surface area contributed by atoms with Crippen LogP contribution < -0.4 is 5.32 Å². The highest BCUT2D eigenvalue weighted by molar-refractivity contribution is 5.81. The minimum atomic E-state index is -2.96. The number of hydrogen-bond donors (Lipinski definition) is 16. The van der Waals surface area contributed by atoms with Gasteiger partial charge in [-0.2, -0.15) is 0 Å². The van der Waals surface area contributed by atoms with Gasteiger partial charge < -0.3 is 125 Å². The van der Waals surface area contributed by atoms with E-state index in [0.29, 0.717) is 0 Å². The molecule has 0 aliphatic carbocycles. The molecule has 16 N–H and O–H groups in total. The van der Waals surface area contributed by atoms with Crippen LogP contribution in [-0.4, -0.2) is 269 Å². The average molecular weight is 910 g/mol. The molecule has 5 aliphatic heterocycles. The molecule has 360 valence electrons. The van der Waals surface area contributed by atoms with E-state index in [1.54, 1.807) is 0 Å². The van der Waals surface area contributed by atoms with Gasteiger partial charge in [0.05, 0.1) is 51.3 Å². The first kappa shape index (κ1) is 51.0. The SMILES string of the molecule is CNC(=O)C1OC(CO[C@@H]2OC(CO)[C@@H](O[C@@H]3OC(CO)[C@H](O)CC3O)[C@H](O)C2O)C(O[C@@H]2OC(CO)[C@H](O)[C@H](OC3(C(=O)O)CC(O)[C@@H](C)[C@H]([C@H](O)[C@H](O)CO)O3)C2O)C1O. The van der Waals surface area contributed by atoms with Gasteiger partial charge in [0.1, 0.15) is 91.6 Å². The molecule has 5 saturated heterocycles. The Hall–Kier alpha value is -1.98. The smallest absolute Gasteiger partial charge is 0.364 e. The molecule has 0 saturated carbocycles. The second-order valence-electron chi connectivity index (χ2n) is 15.8. The predicted molar refractivity (Wildman–Crippen MR) is 191 cm³/mol. The number of aliphatic carboxylic acids is 1. The second kappa shape index (κ2) is 21.5. The first-order chi connectivity index (χ1) is 29.3. The van der Waals surface area contributed by atoms with Crippen LogP contribution in [0.25, 0.3) is 0 Å². The number of hydrogen-bond acceptors (Lipinski definition) is 25. The number of carbonyl (C=O) groups is 2.